The summed E-state index contributed by atoms with van der Waals surface area (Å²) in [6.07, 6.45) is 0. The lowest BCUT2D eigenvalue weighted by Crippen LogP contribution is -2.05. The van der Waals surface area contributed by atoms with Crippen LogP contribution in [0, 0.1) is 0 Å². The number of benzene rings is 4. The lowest BCUT2D eigenvalue weighted by Gasteiger charge is -2.13. The molecule has 2 aromatic heterocycles. The molecule has 0 saturated carbocycles. The molecule has 0 saturated heterocycles. The second-order valence-electron chi connectivity index (χ2n) is 9.08. The van der Waals surface area contributed by atoms with Gasteiger partial charge >= 0.3 is 11.3 Å². The molecule has 0 aliphatic rings. The fourth-order valence-corrected chi connectivity index (χ4v) is 5.05. The van der Waals surface area contributed by atoms with Crippen LogP contribution >= 0.6 is 0 Å². The standard InChI is InChI=1S/C32H24O8/c1-35-17-11-27(37-3)25-15-23(31(33)39-29(25)13-17)21-9-5-8-20-19(21)7-6-10-22(20)24-16-26-28(38-4)12-18(36-2)14-30(26)40-32(24)34/h5-16H,1-4H3. The molecule has 0 fully saturated rings. The van der Waals surface area contributed by atoms with Crippen LogP contribution < -0.4 is 30.2 Å². The van der Waals surface area contributed by atoms with E-state index in [1.165, 1.54) is 14.2 Å². The topological polar surface area (TPSA) is 97.3 Å². The Bertz CT molecular complexity index is 1900. The highest BCUT2D eigenvalue weighted by Crippen LogP contribution is 2.38. The van der Waals surface area contributed by atoms with Crippen LogP contribution in [0.4, 0.5) is 0 Å². The number of rotatable bonds is 6. The largest absolute Gasteiger partial charge is 0.496 e. The van der Waals surface area contributed by atoms with Gasteiger partial charge in [0, 0.05) is 24.3 Å². The Kier molecular flexibility index (Phi) is 6.15. The Morgan fingerprint density at radius 2 is 0.900 bits per heavy atom. The van der Waals surface area contributed by atoms with Crippen LogP contribution in [0.25, 0.3) is 55.0 Å². The van der Waals surface area contributed by atoms with E-state index in [2.05, 4.69) is 0 Å². The van der Waals surface area contributed by atoms with Gasteiger partial charge in [0.1, 0.15) is 34.2 Å². The molecule has 0 aliphatic carbocycles. The Hall–Kier alpha value is -5.24. The summed E-state index contributed by atoms with van der Waals surface area (Å²) in [6.45, 7) is 0. The summed E-state index contributed by atoms with van der Waals surface area (Å²) in [6, 6.07) is 21.4. The first-order valence-electron chi connectivity index (χ1n) is 12.4. The van der Waals surface area contributed by atoms with Crippen LogP contribution in [0.1, 0.15) is 0 Å². The van der Waals surface area contributed by atoms with Gasteiger partial charge in [-0.2, -0.15) is 0 Å². The van der Waals surface area contributed by atoms with Gasteiger partial charge in [0.25, 0.3) is 0 Å². The van der Waals surface area contributed by atoms with Crippen molar-refractivity contribution in [1.29, 1.82) is 0 Å². The average Bonchev–Trinajstić information content (AvgIpc) is 2.98. The summed E-state index contributed by atoms with van der Waals surface area (Å²) in [4.78, 5) is 26.4. The molecular formula is C32H24O8. The van der Waals surface area contributed by atoms with Gasteiger partial charge in [0.2, 0.25) is 0 Å². The molecular weight excluding hydrogens is 512 g/mol. The lowest BCUT2D eigenvalue weighted by molar-refractivity contribution is 0.395. The average molecular weight is 537 g/mol. The molecule has 0 unspecified atom stereocenters. The first kappa shape index (κ1) is 25.1. The van der Waals surface area contributed by atoms with Gasteiger partial charge in [-0.1, -0.05) is 36.4 Å². The van der Waals surface area contributed by atoms with Gasteiger partial charge in [-0.3, -0.25) is 0 Å². The molecule has 0 bridgehead atoms. The zero-order valence-corrected chi connectivity index (χ0v) is 22.2. The molecule has 40 heavy (non-hydrogen) atoms. The molecule has 0 amide bonds. The van der Waals surface area contributed by atoms with E-state index in [4.69, 9.17) is 27.8 Å². The van der Waals surface area contributed by atoms with Crippen LogP contribution in [-0.2, 0) is 0 Å². The van der Waals surface area contributed by atoms with Crippen LogP contribution in [0.5, 0.6) is 23.0 Å². The van der Waals surface area contributed by atoms with Crippen molar-refractivity contribution in [1.82, 2.24) is 0 Å². The fourth-order valence-electron chi connectivity index (χ4n) is 5.05. The third-order valence-corrected chi connectivity index (χ3v) is 6.99. The molecule has 8 heteroatoms. The molecule has 6 rings (SSSR count). The maximum Gasteiger partial charge on any atom is 0.344 e. The third-order valence-electron chi connectivity index (χ3n) is 6.99. The lowest BCUT2D eigenvalue weighted by atomic mass is 9.93. The van der Waals surface area contributed by atoms with Gasteiger partial charge in [-0.05, 0) is 34.0 Å². The van der Waals surface area contributed by atoms with Gasteiger partial charge in [-0.15, -0.1) is 0 Å². The summed E-state index contributed by atoms with van der Waals surface area (Å²) < 4.78 is 33.1. The summed E-state index contributed by atoms with van der Waals surface area (Å²) in [5.41, 5.74) is 1.71. The van der Waals surface area contributed by atoms with Crippen molar-refractivity contribution in [3.63, 3.8) is 0 Å². The minimum absolute atomic E-state index is 0.352. The van der Waals surface area contributed by atoms with Crippen LogP contribution in [0.2, 0.25) is 0 Å². The van der Waals surface area contributed by atoms with Crippen LogP contribution in [-0.4, -0.2) is 28.4 Å². The van der Waals surface area contributed by atoms with Gasteiger partial charge < -0.3 is 27.8 Å². The molecule has 8 nitrogen and oxygen atoms in total. The summed E-state index contributed by atoms with van der Waals surface area (Å²) in [5, 5.41) is 2.79. The predicted octanol–water partition coefficient (Wildman–Crippen LogP) is 6.42. The molecule has 0 N–H and O–H groups in total. The van der Waals surface area contributed by atoms with E-state index >= 15 is 0 Å². The third kappa shape index (κ3) is 4.01. The van der Waals surface area contributed by atoms with Crippen molar-refractivity contribution in [3.05, 3.63) is 93.6 Å². The molecule has 0 atom stereocenters. The van der Waals surface area contributed by atoms with E-state index in [0.29, 0.717) is 67.2 Å². The highest BCUT2D eigenvalue weighted by atomic mass is 16.5. The molecule has 0 spiro atoms. The maximum atomic E-state index is 13.2. The fraction of sp³-hybridized carbons (Fsp3) is 0.125. The van der Waals surface area contributed by atoms with Crippen molar-refractivity contribution in [2.75, 3.05) is 28.4 Å². The number of ether oxygens (including phenoxy) is 4. The van der Waals surface area contributed by atoms with Crippen molar-refractivity contribution in [3.8, 4) is 45.3 Å². The highest BCUT2D eigenvalue weighted by Gasteiger charge is 2.18. The maximum absolute atomic E-state index is 13.2. The Morgan fingerprint density at radius 3 is 1.27 bits per heavy atom. The van der Waals surface area contributed by atoms with E-state index in [1.54, 1.807) is 50.6 Å². The number of fused-ring (bicyclic) bond motifs is 3. The van der Waals surface area contributed by atoms with Gasteiger partial charge in [0.15, 0.2) is 0 Å². The Labute approximate surface area is 227 Å². The van der Waals surface area contributed by atoms with E-state index < -0.39 is 11.3 Å². The second-order valence-corrected chi connectivity index (χ2v) is 9.08. The predicted molar refractivity (Wildman–Crippen MR) is 153 cm³/mol. The van der Waals surface area contributed by atoms with E-state index in [9.17, 15) is 9.59 Å². The number of hydrogen-bond acceptors (Lipinski definition) is 8. The quantitative estimate of drug-likeness (QED) is 0.225. The smallest absolute Gasteiger partial charge is 0.344 e. The summed E-state index contributed by atoms with van der Waals surface area (Å²) in [7, 11) is 6.15. The number of hydrogen-bond donors (Lipinski definition) is 0. The first-order valence-corrected chi connectivity index (χ1v) is 12.4. The molecule has 0 radical (unpaired) electrons. The zero-order chi connectivity index (χ0) is 28.0. The van der Waals surface area contributed by atoms with Gasteiger partial charge in [0.05, 0.1) is 50.3 Å². The molecule has 4 aromatic carbocycles. The van der Waals surface area contributed by atoms with E-state index in [0.717, 1.165) is 10.8 Å². The Balaban J connectivity index is 1.59. The first-order chi connectivity index (χ1) is 19.4. The van der Waals surface area contributed by atoms with Crippen LogP contribution in [0.15, 0.2) is 91.2 Å². The minimum atomic E-state index is -0.510. The van der Waals surface area contributed by atoms with Crippen molar-refractivity contribution >= 4 is 32.7 Å². The van der Waals surface area contributed by atoms with Crippen molar-refractivity contribution in [2.45, 2.75) is 0 Å². The molecule has 0 aliphatic heterocycles. The summed E-state index contributed by atoms with van der Waals surface area (Å²) >= 11 is 0. The molecule has 200 valence electrons. The van der Waals surface area contributed by atoms with Gasteiger partial charge in [-0.25, -0.2) is 9.59 Å². The second kappa shape index (κ2) is 9.81. The number of methoxy groups -OCH3 is 4. The minimum Gasteiger partial charge on any atom is -0.496 e. The van der Waals surface area contributed by atoms with Crippen molar-refractivity contribution in [2.24, 2.45) is 0 Å². The molecule has 2 heterocycles. The zero-order valence-electron chi connectivity index (χ0n) is 22.2. The molecule has 6 aromatic rings. The van der Waals surface area contributed by atoms with E-state index in [1.807, 2.05) is 36.4 Å². The van der Waals surface area contributed by atoms with Crippen LogP contribution in [0.3, 0.4) is 0 Å². The van der Waals surface area contributed by atoms with Crippen molar-refractivity contribution < 1.29 is 27.8 Å². The monoisotopic (exact) mass is 536 g/mol. The summed E-state index contributed by atoms with van der Waals surface area (Å²) in [5.74, 6) is 2.05. The normalized spacial score (nSPS) is 11.2. The van der Waals surface area contributed by atoms with E-state index in [-0.39, 0.29) is 0 Å². The SMILES string of the molecule is COc1cc(OC)c2cc(-c3cccc4c(-c5cc6c(OC)cc(OC)cc6oc5=O)cccc34)c(=O)oc2c1. The highest BCUT2D eigenvalue weighted by molar-refractivity contribution is 6.06. The Morgan fingerprint density at radius 1 is 0.475 bits per heavy atom.